The number of ether oxygens (including phenoxy) is 1. The van der Waals surface area contributed by atoms with E-state index in [1.165, 1.54) is 19.3 Å². The zero-order valence-corrected chi connectivity index (χ0v) is 14.9. The third kappa shape index (κ3) is 3.12. The maximum absolute atomic E-state index is 12.6. The minimum absolute atomic E-state index is 0. The number of hydrogen-bond donors (Lipinski definition) is 2. The summed E-state index contributed by atoms with van der Waals surface area (Å²) in [4.78, 5) is 12.6. The molecule has 2 saturated carbocycles. The third-order valence-electron chi connectivity index (χ3n) is 5.36. The molecule has 1 aromatic heterocycles. The van der Waals surface area contributed by atoms with Gasteiger partial charge in [-0.2, -0.15) is 5.10 Å². The molecular weight excluding hydrogens is 316 g/mol. The molecule has 2 N–H and O–H groups in total. The van der Waals surface area contributed by atoms with Crippen LogP contribution in [0, 0.1) is 5.41 Å². The van der Waals surface area contributed by atoms with Gasteiger partial charge in [-0.15, -0.1) is 12.4 Å². The van der Waals surface area contributed by atoms with E-state index in [-0.39, 0.29) is 35.8 Å². The summed E-state index contributed by atoms with van der Waals surface area (Å²) in [5.74, 6) is 0.0294. The van der Waals surface area contributed by atoms with Crippen LogP contribution in [0.25, 0.3) is 0 Å². The highest BCUT2D eigenvalue weighted by atomic mass is 35.5. The molecule has 3 atom stereocenters. The number of likely N-dealkylation sites (N-methyl/N-ethyl adjacent to an activating group) is 1. The Labute approximate surface area is 143 Å². The molecule has 0 aromatic carbocycles. The SMILES string of the molecule is CCOC1CC(NC(=O)C(NC)c2cnn(C)c2)C12CCC2.Cl. The van der Waals surface area contributed by atoms with Gasteiger partial charge in [-0.25, -0.2) is 0 Å². The van der Waals surface area contributed by atoms with Gasteiger partial charge in [0, 0.05) is 36.9 Å². The molecule has 1 spiro atoms. The molecule has 3 rings (SSSR count). The van der Waals surface area contributed by atoms with E-state index in [1.807, 2.05) is 20.2 Å². The standard InChI is InChI=1S/C16H26N4O2.ClH/c1-4-22-13-8-12(16(13)6-5-7-16)19-15(21)14(17-2)11-9-18-20(3)10-11;/h9-10,12-14,17H,4-8H2,1-3H3,(H,19,21);1H. The van der Waals surface area contributed by atoms with Gasteiger partial charge < -0.3 is 15.4 Å². The molecule has 0 saturated heterocycles. The van der Waals surface area contributed by atoms with Crippen molar-refractivity contribution in [2.24, 2.45) is 12.5 Å². The maximum atomic E-state index is 12.6. The summed E-state index contributed by atoms with van der Waals surface area (Å²) in [5, 5.41) is 10.5. The van der Waals surface area contributed by atoms with E-state index in [1.54, 1.807) is 17.9 Å². The van der Waals surface area contributed by atoms with Crippen LogP contribution in [-0.2, 0) is 16.6 Å². The first-order valence-electron chi connectivity index (χ1n) is 8.18. The molecular formula is C16H27ClN4O2. The van der Waals surface area contributed by atoms with Crippen molar-refractivity contribution in [2.45, 2.75) is 50.8 Å². The summed E-state index contributed by atoms with van der Waals surface area (Å²) in [6.07, 6.45) is 8.45. The second-order valence-electron chi connectivity index (χ2n) is 6.50. The molecule has 1 aromatic rings. The monoisotopic (exact) mass is 342 g/mol. The molecule has 2 aliphatic rings. The Kier molecular flexibility index (Phi) is 5.70. The van der Waals surface area contributed by atoms with Gasteiger partial charge in [-0.1, -0.05) is 6.42 Å². The van der Waals surface area contributed by atoms with Crippen LogP contribution >= 0.6 is 12.4 Å². The highest BCUT2D eigenvalue weighted by molar-refractivity contribution is 5.85. The zero-order valence-electron chi connectivity index (χ0n) is 14.0. The first-order valence-corrected chi connectivity index (χ1v) is 8.18. The van der Waals surface area contributed by atoms with E-state index >= 15 is 0 Å². The van der Waals surface area contributed by atoms with E-state index in [0.717, 1.165) is 18.6 Å². The lowest BCUT2D eigenvalue weighted by Crippen LogP contribution is -2.68. The van der Waals surface area contributed by atoms with Crippen LogP contribution in [0.1, 0.15) is 44.2 Å². The van der Waals surface area contributed by atoms with E-state index in [2.05, 4.69) is 15.7 Å². The Bertz CT molecular complexity index is 544. The van der Waals surface area contributed by atoms with Crippen LogP contribution in [0.4, 0.5) is 0 Å². The number of carbonyl (C=O) groups is 1. The van der Waals surface area contributed by atoms with Crippen molar-refractivity contribution in [3.05, 3.63) is 18.0 Å². The number of aromatic nitrogens is 2. The van der Waals surface area contributed by atoms with Crippen LogP contribution in [0.5, 0.6) is 0 Å². The lowest BCUT2D eigenvalue weighted by atomic mass is 9.51. The number of aryl methyl sites for hydroxylation is 1. The number of carbonyl (C=O) groups excluding carboxylic acids is 1. The highest BCUT2D eigenvalue weighted by Crippen LogP contribution is 2.57. The van der Waals surface area contributed by atoms with Crippen molar-refractivity contribution in [1.82, 2.24) is 20.4 Å². The molecule has 23 heavy (non-hydrogen) atoms. The van der Waals surface area contributed by atoms with Gasteiger partial charge in [-0.05, 0) is 33.2 Å². The van der Waals surface area contributed by atoms with Crippen molar-refractivity contribution in [1.29, 1.82) is 0 Å². The fourth-order valence-electron chi connectivity index (χ4n) is 3.93. The van der Waals surface area contributed by atoms with Crippen molar-refractivity contribution < 1.29 is 9.53 Å². The molecule has 1 amide bonds. The fourth-order valence-corrected chi connectivity index (χ4v) is 3.93. The van der Waals surface area contributed by atoms with Crippen LogP contribution < -0.4 is 10.6 Å². The fraction of sp³-hybridized carbons (Fsp3) is 0.750. The van der Waals surface area contributed by atoms with Crippen molar-refractivity contribution >= 4 is 18.3 Å². The van der Waals surface area contributed by atoms with Crippen LogP contribution in [-0.4, -0.2) is 41.5 Å². The van der Waals surface area contributed by atoms with Gasteiger partial charge in [0.25, 0.3) is 0 Å². The molecule has 3 unspecified atom stereocenters. The van der Waals surface area contributed by atoms with Crippen LogP contribution in [0.2, 0.25) is 0 Å². The van der Waals surface area contributed by atoms with Gasteiger partial charge in [-0.3, -0.25) is 9.48 Å². The largest absolute Gasteiger partial charge is 0.378 e. The Morgan fingerprint density at radius 1 is 1.57 bits per heavy atom. The molecule has 2 aliphatic carbocycles. The van der Waals surface area contributed by atoms with Crippen molar-refractivity contribution in [2.75, 3.05) is 13.7 Å². The number of rotatable bonds is 6. The lowest BCUT2D eigenvalue weighted by molar-refractivity contribution is -0.176. The quantitative estimate of drug-likeness (QED) is 0.823. The summed E-state index contributed by atoms with van der Waals surface area (Å²) in [5.41, 5.74) is 1.09. The van der Waals surface area contributed by atoms with Gasteiger partial charge in [0.05, 0.1) is 12.3 Å². The highest BCUT2D eigenvalue weighted by Gasteiger charge is 2.59. The average molecular weight is 343 g/mol. The first kappa shape index (κ1) is 18.2. The van der Waals surface area contributed by atoms with E-state index in [9.17, 15) is 4.79 Å². The van der Waals surface area contributed by atoms with E-state index in [4.69, 9.17) is 4.74 Å². The number of halogens is 1. The second-order valence-corrected chi connectivity index (χ2v) is 6.50. The third-order valence-corrected chi connectivity index (χ3v) is 5.36. The summed E-state index contributed by atoms with van der Waals surface area (Å²) in [7, 11) is 3.66. The van der Waals surface area contributed by atoms with Gasteiger partial charge >= 0.3 is 0 Å². The molecule has 0 radical (unpaired) electrons. The van der Waals surface area contributed by atoms with Crippen LogP contribution in [0.3, 0.4) is 0 Å². The Balaban J connectivity index is 0.00000192. The Hall–Kier alpha value is -1.11. The van der Waals surface area contributed by atoms with Gasteiger partial charge in [0.1, 0.15) is 6.04 Å². The lowest BCUT2D eigenvalue weighted by Gasteiger charge is -2.61. The van der Waals surface area contributed by atoms with E-state index < -0.39 is 0 Å². The predicted molar refractivity (Wildman–Crippen MR) is 90.5 cm³/mol. The molecule has 2 fully saturated rings. The normalized spacial score (nSPS) is 25.9. The summed E-state index contributed by atoms with van der Waals surface area (Å²) >= 11 is 0. The van der Waals surface area contributed by atoms with Gasteiger partial charge in [0.15, 0.2) is 0 Å². The van der Waals surface area contributed by atoms with Crippen LogP contribution in [0.15, 0.2) is 12.4 Å². The number of nitrogens with one attached hydrogen (secondary N) is 2. The molecule has 1 heterocycles. The Morgan fingerprint density at radius 2 is 2.30 bits per heavy atom. The summed E-state index contributed by atoms with van der Waals surface area (Å²) in [6.45, 7) is 2.79. The summed E-state index contributed by atoms with van der Waals surface area (Å²) in [6, 6.07) is -0.102. The Morgan fingerprint density at radius 3 is 2.78 bits per heavy atom. The predicted octanol–water partition coefficient (Wildman–Crippen LogP) is 1.57. The summed E-state index contributed by atoms with van der Waals surface area (Å²) < 4.78 is 7.56. The molecule has 130 valence electrons. The zero-order chi connectivity index (χ0) is 15.7. The van der Waals surface area contributed by atoms with Crippen molar-refractivity contribution in [3.63, 3.8) is 0 Å². The maximum Gasteiger partial charge on any atom is 0.242 e. The molecule has 6 nitrogen and oxygen atoms in total. The smallest absolute Gasteiger partial charge is 0.242 e. The second kappa shape index (κ2) is 7.20. The molecule has 0 aliphatic heterocycles. The number of hydrogen-bond acceptors (Lipinski definition) is 4. The minimum Gasteiger partial charge on any atom is -0.378 e. The van der Waals surface area contributed by atoms with Gasteiger partial charge in [0.2, 0.25) is 5.91 Å². The minimum atomic E-state index is -0.350. The number of nitrogens with zero attached hydrogens (tertiary/aromatic N) is 2. The number of amides is 1. The molecule has 0 bridgehead atoms. The first-order chi connectivity index (χ1) is 10.6. The topological polar surface area (TPSA) is 68.2 Å². The van der Waals surface area contributed by atoms with Crippen molar-refractivity contribution in [3.8, 4) is 0 Å². The van der Waals surface area contributed by atoms with E-state index in [0.29, 0.717) is 6.10 Å². The average Bonchev–Trinajstić information content (AvgIpc) is 2.83. The molecule has 7 heteroatoms.